The normalized spacial score (nSPS) is 13.1. The maximum absolute atomic E-state index is 13.0. The van der Waals surface area contributed by atoms with Crippen LogP contribution in [0.2, 0.25) is 0 Å². The van der Waals surface area contributed by atoms with Crippen LogP contribution in [0, 0.1) is 5.82 Å². The fraction of sp³-hybridized carbons (Fsp3) is 0.350. The van der Waals surface area contributed by atoms with Crippen LogP contribution in [0.25, 0.3) is 0 Å². The van der Waals surface area contributed by atoms with Crippen molar-refractivity contribution in [3.05, 3.63) is 65.5 Å². The number of amides is 1. The minimum Gasteiger partial charge on any atom is -0.497 e. The van der Waals surface area contributed by atoms with E-state index in [-0.39, 0.29) is 22.2 Å². The van der Waals surface area contributed by atoms with Crippen LogP contribution in [0.5, 0.6) is 5.75 Å². The van der Waals surface area contributed by atoms with E-state index in [9.17, 15) is 9.18 Å². The van der Waals surface area contributed by atoms with E-state index in [4.69, 9.17) is 4.74 Å². The summed E-state index contributed by atoms with van der Waals surface area (Å²) in [6.45, 7) is 4.52. The van der Waals surface area contributed by atoms with Crippen LogP contribution in [-0.4, -0.2) is 24.8 Å². The minimum atomic E-state index is -0.245. The first-order valence-corrected chi connectivity index (χ1v) is 9.25. The Morgan fingerprint density at radius 3 is 2.36 bits per heavy atom. The van der Waals surface area contributed by atoms with Gasteiger partial charge in [0, 0.05) is 11.8 Å². The third-order valence-electron chi connectivity index (χ3n) is 3.99. The lowest BCUT2D eigenvalue weighted by atomic mass is 10.1. The second-order valence-corrected chi connectivity index (χ2v) is 7.55. The predicted octanol–water partition coefficient (Wildman–Crippen LogP) is 4.38. The van der Waals surface area contributed by atoms with Crippen molar-refractivity contribution in [1.82, 2.24) is 5.32 Å². The maximum Gasteiger partial charge on any atom is 0.232 e. The molecular weight excluding hydrogens is 337 g/mol. The molecule has 5 heteroatoms. The lowest BCUT2D eigenvalue weighted by Gasteiger charge is -2.17. The van der Waals surface area contributed by atoms with Crippen molar-refractivity contribution < 1.29 is 13.9 Å². The van der Waals surface area contributed by atoms with Crippen molar-refractivity contribution in [3.63, 3.8) is 0 Å². The number of nitrogens with one attached hydrogen (secondary N) is 1. The monoisotopic (exact) mass is 361 g/mol. The molecule has 2 aromatic carbocycles. The van der Waals surface area contributed by atoms with Gasteiger partial charge in [0.1, 0.15) is 11.6 Å². The number of carbonyl (C=O) groups is 1. The Morgan fingerprint density at radius 1 is 1.12 bits per heavy atom. The Kier molecular flexibility index (Phi) is 7.31. The van der Waals surface area contributed by atoms with Gasteiger partial charge in [-0.15, -0.1) is 11.8 Å². The summed E-state index contributed by atoms with van der Waals surface area (Å²) in [5, 5.41) is 2.93. The largest absolute Gasteiger partial charge is 0.497 e. The van der Waals surface area contributed by atoms with Crippen LogP contribution in [0.4, 0.5) is 4.39 Å². The summed E-state index contributed by atoms with van der Waals surface area (Å²) in [5.74, 6) is 0.602. The molecular formula is C20H24FNO2S. The van der Waals surface area contributed by atoms with Crippen molar-refractivity contribution in [3.8, 4) is 5.75 Å². The summed E-state index contributed by atoms with van der Waals surface area (Å²) in [5.41, 5.74) is 2.17. The van der Waals surface area contributed by atoms with Gasteiger partial charge in [-0.25, -0.2) is 4.39 Å². The molecule has 134 valence electrons. The Hall–Kier alpha value is -2.01. The molecule has 0 aliphatic rings. The smallest absolute Gasteiger partial charge is 0.232 e. The molecule has 3 nitrogen and oxygen atoms in total. The summed E-state index contributed by atoms with van der Waals surface area (Å²) in [6.07, 6.45) is 0.778. The van der Waals surface area contributed by atoms with Gasteiger partial charge in [-0.2, -0.15) is 0 Å². The fourth-order valence-electron chi connectivity index (χ4n) is 2.45. The molecule has 2 unspecified atom stereocenters. The Labute approximate surface area is 153 Å². The number of thioether (sulfide) groups is 1. The molecule has 2 atom stereocenters. The van der Waals surface area contributed by atoms with E-state index in [1.807, 2.05) is 38.1 Å². The first-order chi connectivity index (χ1) is 12.0. The molecule has 1 amide bonds. The molecule has 0 radical (unpaired) electrons. The molecule has 0 saturated carbocycles. The molecule has 1 N–H and O–H groups in total. The van der Waals surface area contributed by atoms with Crippen molar-refractivity contribution >= 4 is 17.7 Å². The number of methoxy groups -OCH3 is 1. The molecule has 0 aliphatic heterocycles. The summed E-state index contributed by atoms with van der Waals surface area (Å²) < 4.78 is 18.1. The van der Waals surface area contributed by atoms with Crippen LogP contribution in [0.1, 0.15) is 30.2 Å². The van der Waals surface area contributed by atoms with E-state index >= 15 is 0 Å². The number of hydrogen-bond donors (Lipinski definition) is 1. The second-order valence-electron chi connectivity index (χ2n) is 5.86. The average molecular weight is 361 g/mol. The molecule has 2 rings (SSSR count). The quantitative estimate of drug-likeness (QED) is 0.758. The average Bonchev–Trinajstić information content (AvgIpc) is 2.62. The van der Waals surface area contributed by atoms with Crippen LogP contribution in [0.15, 0.2) is 48.5 Å². The molecule has 0 spiro atoms. The lowest BCUT2D eigenvalue weighted by Crippen LogP contribution is -2.32. The summed E-state index contributed by atoms with van der Waals surface area (Å²) >= 11 is 1.57. The fourth-order valence-corrected chi connectivity index (χ4v) is 3.58. The molecule has 0 bridgehead atoms. The van der Waals surface area contributed by atoms with Crippen LogP contribution >= 0.6 is 11.8 Å². The van der Waals surface area contributed by atoms with Crippen LogP contribution in [-0.2, 0) is 11.2 Å². The first-order valence-electron chi connectivity index (χ1n) is 8.31. The summed E-state index contributed by atoms with van der Waals surface area (Å²) in [7, 11) is 1.64. The van der Waals surface area contributed by atoms with Gasteiger partial charge in [0.15, 0.2) is 0 Å². The van der Waals surface area contributed by atoms with Crippen molar-refractivity contribution in [1.29, 1.82) is 0 Å². The molecule has 0 aromatic heterocycles. The van der Waals surface area contributed by atoms with E-state index in [0.717, 1.165) is 23.3 Å². The maximum atomic E-state index is 13.0. The predicted molar refractivity (Wildman–Crippen MR) is 102 cm³/mol. The van der Waals surface area contributed by atoms with E-state index < -0.39 is 0 Å². The molecule has 25 heavy (non-hydrogen) atoms. The highest BCUT2D eigenvalue weighted by Gasteiger charge is 2.17. The Morgan fingerprint density at radius 2 is 1.76 bits per heavy atom. The zero-order chi connectivity index (χ0) is 18.2. The van der Waals surface area contributed by atoms with E-state index in [1.54, 1.807) is 31.0 Å². The van der Waals surface area contributed by atoms with Gasteiger partial charge in [0.05, 0.1) is 12.4 Å². The van der Waals surface area contributed by atoms with Gasteiger partial charge >= 0.3 is 0 Å². The Balaban J connectivity index is 1.76. The van der Waals surface area contributed by atoms with Crippen molar-refractivity contribution in [2.45, 2.75) is 30.8 Å². The van der Waals surface area contributed by atoms with Gasteiger partial charge in [-0.1, -0.05) is 24.3 Å². The number of carbonyl (C=O) groups excluding carboxylic acids is 1. The van der Waals surface area contributed by atoms with Gasteiger partial charge in [0.2, 0.25) is 5.91 Å². The number of benzene rings is 2. The number of halogens is 1. The SMILES string of the molecule is COc1ccc(CCNC(=O)C(C)SC(C)c2ccc(F)cc2)cc1. The molecule has 0 aliphatic carbocycles. The highest BCUT2D eigenvalue weighted by Crippen LogP contribution is 2.31. The molecule has 0 fully saturated rings. The molecule has 2 aromatic rings. The van der Waals surface area contributed by atoms with Crippen molar-refractivity contribution in [2.24, 2.45) is 0 Å². The zero-order valence-electron chi connectivity index (χ0n) is 14.8. The second kappa shape index (κ2) is 9.47. The topological polar surface area (TPSA) is 38.3 Å². The van der Waals surface area contributed by atoms with Crippen LogP contribution in [0.3, 0.4) is 0 Å². The number of ether oxygens (including phenoxy) is 1. The van der Waals surface area contributed by atoms with Crippen LogP contribution < -0.4 is 10.1 Å². The highest BCUT2D eigenvalue weighted by molar-refractivity contribution is 8.00. The Bertz CT molecular complexity index is 673. The van der Waals surface area contributed by atoms with Gasteiger partial charge in [-0.05, 0) is 55.7 Å². The highest BCUT2D eigenvalue weighted by atomic mass is 32.2. The first kappa shape index (κ1) is 19.3. The third kappa shape index (κ3) is 6.09. The zero-order valence-corrected chi connectivity index (χ0v) is 15.6. The minimum absolute atomic E-state index is 0.0208. The van der Waals surface area contributed by atoms with Gasteiger partial charge in [-0.3, -0.25) is 4.79 Å². The molecule has 0 saturated heterocycles. The van der Waals surface area contributed by atoms with E-state index in [1.165, 1.54) is 12.1 Å². The standard InChI is InChI=1S/C20H24FNO2S/c1-14(17-6-8-18(21)9-7-17)25-15(2)20(23)22-13-12-16-4-10-19(24-3)11-5-16/h4-11,14-15H,12-13H2,1-3H3,(H,22,23). The van der Waals surface area contributed by atoms with E-state index in [0.29, 0.717) is 6.54 Å². The van der Waals surface area contributed by atoms with Crippen molar-refractivity contribution in [2.75, 3.05) is 13.7 Å². The van der Waals surface area contributed by atoms with E-state index in [2.05, 4.69) is 5.32 Å². The third-order valence-corrected chi connectivity index (χ3v) is 5.29. The molecule has 0 heterocycles. The number of hydrogen-bond acceptors (Lipinski definition) is 3. The lowest BCUT2D eigenvalue weighted by molar-refractivity contribution is -0.120. The van der Waals surface area contributed by atoms with Gasteiger partial charge < -0.3 is 10.1 Å². The summed E-state index contributed by atoms with van der Waals surface area (Å²) in [4.78, 5) is 12.2. The summed E-state index contributed by atoms with van der Waals surface area (Å²) in [6, 6.07) is 14.3. The van der Waals surface area contributed by atoms with Gasteiger partial charge in [0.25, 0.3) is 0 Å². The number of rotatable bonds is 8.